The Labute approximate surface area is 120 Å². The molecular weight excluding hydrogens is 246 g/mol. The molecule has 2 rings (SSSR count). The molecule has 0 spiro atoms. The smallest absolute Gasteiger partial charge is 0.192 e. The molecule has 0 aliphatic heterocycles. The first-order valence-corrected chi connectivity index (χ1v) is 6.77. The predicted molar refractivity (Wildman–Crippen MR) is 85.6 cm³/mol. The minimum absolute atomic E-state index is 0.476. The maximum Gasteiger partial charge on any atom is 0.192 e. The lowest BCUT2D eigenvalue weighted by atomic mass is 10.1. The lowest BCUT2D eigenvalue weighted by molar-refractivity contribution is 0.865. The lowest BCUT2D eigenvalue weighted by Crippen LogP contribution is -2.37. The van der Waals surface area contributed by atoms with Crippen LogP contribution < -0.4 is 10.6 Å². The fraction of sp³-hybridized carbons (Fsp3) is 0.235. The van der Waals surface area contributed by atoms with Gasteiger partial charge in [-0.1, -0.05) is 42.3 Å². The zero-order valence-electron chi connectivity index (χ0n) is 11.7. The minimum Gasteiger partial charge on any atom is -0.357 e. The summed E-state index contributed by atoms with van der Waals surface area (Å²) in [6, 6.07) is 14.7. The fourth-order valence-electron chi connectivity index (χ4n) is 1.98. The average Bonchev–Trinajstić information content (AvgIpc) is 2.50. The molecule has 0 amide bonds. The Hall–Kier alpha value is -2.47. The monoisotopic (exact) mass is 265 g/mol. The number of nitrogens with zero attached hydrogens (tertiary/aromatic N) is 1. The van der Waals surface area contributed by atoms with Gasteiger partial charge in [-0.3, -0.25) is 0 Å². The van der Waals surface area contributed by atoms with Crippen molar-refractivity contribution in [3.63, 3.8) is 0 Å². The third-order valence-corrected chi connectivity index (χ3v) is 2.94. The molecule has 2 aromatic rings. The van der Waals surface area contributed by atoms with Crippen LogP contribution in [0, 0.1) is 12.3 Å². The van der Waals surface area contributed by atoms with Crippen molar-refractivity contribution in [3.8, 4) is 12.3 Å². The number of aliphatic imine (C=N–C) groups is 1. The van der Waals surface area contributed by atoms with Crippen LogP contribution in [0.5, 0.6) is 0 Å². The molecule has 20 heavy (non-hydrogen) atoms. The third kappa shape index (κ3) is 3.76. The molecule has 3 nitrogen and oxygen atoms in total. The largest absolute Gasteiger partial charge is 0.357 e. The summed E-state index contributed by atoms with van der Waals surface area (Å²) in [6.07, 6.45) is 5.25. The van der Waals surface area contributed by atoms with E-state index in [1.54, 1.807) is 0 Å². The molecular formula is C17H19N3. The van der Waals surface area contributed by atoms with Crippen molar-refractivity contribution < 1.29 is 0 Å². The molecule has 0 unspecified atom stereocenters. The van der Waals surface area contributed by atoms with Gasteiger partial charge in [0.1, 0.15) is 0 Å². The number of rotatable bonds is 4. The van der Waals surface area contributed by atoms with Crippen LogP contribution in [0.25, 0.3) is 10.8 Å². The van der Waals surface area contributed by atoms with Crippen LogP contribution in [0.15, 0.2) is 47.5 Å². The maximum atomic E-state index is 5.25. The van der Waals surface area contributed by atoms with Gasteiger partial charge in [-0.2, -0.15) is 0 Å². The molecule has 3 heteroatoms. The second kappa shape index (κ2) is 7.20. The second-order valence-electron chi connectivity index (χ2n) is 4.43. The van der Waals surface area contributed by atoms with Crippen LogP contribution in [0.3, 0.4) is 0 Å². The summed E-state index contributed by atoms with van der Waals surface area (Å²) in [5, 5.41) is 8.73. The van der Waals surface area contributed by atoms with Crippen LogP contribution in [0.4, 0.5) is 0 Å². The summed E-state index contributed by atoms with van der Waals surface area (Å²) < 4.78 is 0. The molecule has 0 aliphatic rings. The molecule has 0 aromatic heterocycles. The molecule has 0 atom stereocenters. The van der Waals surface area contributed by atoms with E-state index in [1.807, 2.05) is 19.1 Å². The van der Waals surface area contributed by atoms with Gasteiger partial charge in [0.05, 0.1) is 13.1 Å². The molecule has 0 aliphatic carbocycles. The van der Waals surface area contributed by atoms with Gasteiger partial charge in [0.25, 0.3) is 0 Å². The summed E-state index contributed by atoms with van der Waals surface area (Å²) in [5.74, 6) is 3.30. The first-order chi connectivity index (χ1) is 9.83. The van der Waals surface area contributed by atoms with E-state index in [4.69, 9.17) is 6.42 Å². The Balaban J connectivity index is 2.11. The van der Waals surface area contributed by atoms with Gasteiger partial charge in [-0.05, 0) is 29.3 Å². The molecule has 2 aromatic carbocycles. The first kappa shape index (κ1) is 14.0. The van der Waals surface area contributed by atoms with Gasteiger partial charge in [-0.25, -0.2) is 4.99 Å². The van der Waals surface area contributed by atoms with E-state index in [9.17, 15) is 0 Å². The lowest BCUT2D eigenvalue weighted by Gasteiger charge is -2.09. The zero-order valence-corrected chi connectivity index (χ0v) is 11.7. The average molecular weight is 265 g/mol. The quantitative estimate of drug-likeness (QED) is 0.506. The highest BCUT2D eigenvalue weighted by Crippen LogP contribution is 2.16. The number of hydrogen-bond donors (Lipinski definition) is 2. The number of guanidine groups is 1. The van der Waals surface area contributed by atoms with Gasteiger partial charge >= 0.3 is 0 Å². The van der Waals surface area contributed by atoms with Gasteiger partial charge in [0.2, 0.25) is 0 Å². The summed E-state index contributed by atoms with van der Waals surface area (Å²) in [4.78, 5) is 4.53. The number of hydrogen-bond acceptors (Lipinski definition) is 1. The van der Waals surface area contributed by atoms with E-state index in [-0.39, 0.29) is 0 Å². The van der Waals surface area contributed by atoms with Crippen molar-refractivity contribution in [1.29, 1.82) is 0 Å². The van der Waals surface area contributed by atoms with Gasteiger partial charge in [0, 0.05) is 6.54 Å². The van der Waals surface area contributed by atoms with Crippen LogP contribution in [-0.4, -0.2) is 19.0 Å². The van der Waals surface area contributed by atoms with Crippen molar-refractivity contribution in [2.75, 3.05) is 13.1 Å². The summed E-state index contributed by atoms with van der Waals surface area (Å²) in [6.45, 7) is 3.95. The molecule has 2 N–H and O–H groups in total. The SMILES string of the molecule is C#CCNC(=NCc1ccc2ccccc2c1)NCC. The van der Waals surface area contributed by atoms with Crippen molar-refractivity contribution in [1.82, 2.24) is 10.6 Å². The van der Waals surface area contributed by atoms with Crippen LogP contribution in [-0.2, 0) is 6.54 Å². The van der Waals surface area contributed by atoms with Crippen molar-refractivity contribution in [3.05, 3.63) is 48.0 Å². The van der Waals surface area contributed by atoms with Crippen LogP contribution >= 0.6 is 0 Å². The first-order valence-electron chi connectivity index (χ1n) is 6.77. The number of benzene rings is 2. The number of nitrogens with one attached hydrogen (secondary N) is 2. The van der Waals surface area contributed by atoms with Crippen molar-refractivity contribution in [2.24, 2.45) is 4.99 Å². The summed E-state index contributed by atoms with van der Waals surface area (Å²) in [7, 11) is 0. The highest BCUT2D eigenvalue weighted by molar-refractivity contribution is 5.83. The molecule has 0 bridgehead atoms. The van der Waals surface area contributed by atoms with E-state index in [2.05, 4.69) is 51.9 Å². The van der Waals surface area contributed by atoms with E-state index < -0.39 is 0 Å². The summed E-state index contributed by atoms with van der Waals surface area (Å²) in [5.41, 5.74) is 1.18. The maximum absolute atomic E-state index is 5.25. The van der Waals surface area contributed by atoms with E-state index in [0.29, 0.717) is 13.1 Å². The standard InChI is InChI=1S/C17H19N3/c1-3-11-19-17(18-4-2)20-13-14-9-10-15-7-5-6-8-16(15)12-14/h1,5-10,12H,4,11,13H2,2H3,(H2,18,19,20). The highest BCUT2D eigenvalue weighted by atomic mass is 15.2. The Morgan fingerprint density at radius 3 is 2.70 bits per heavy atom. The van der Waals surface area contributed by atoms with Crippen molar-refractivity contribution >= 4 is 16.7 Å². The van der Waals surface area contributed by atoms with E-state index in [1.165, 1.54) is 16.3 Å². The molecule has 0 radical (unpaired) electrons. The Morgan fingerprint density at radius 2 is 1.95 bits per heavy atom. The summed E-state index contributed by atoms with van der Waals surface area (Å²) >= 11 is 0. The molecule has 102 valence electrons. The van der Waals surface area contributed by atoms with Crippen LogP contribution in [0.2, 0.25) is 0 Å². The fourth-order valence-corrected chi connectivity index (χ4v) is 1.98. The van der Waals surface area contributed by atoms with E-state index >= 15 is 0 Å². The predicted octanol–water partition coefficient (Wildman–Crippen LogP) is 2.53. The Bertz CT molecular complexity index is 638. The van der Waals surface area contributed by atoms with E-state index in [0.717, 1.165) is 12.5 Å². The topological polar surface area (TPSA) is 36.4 Å². The van der Waals surface area contributed by atoms with Crippen LogP contribution in [0.1, 0.15) is 12.5 Å². The highest BCUT2D eigenvalue weighted by Gasteiger charge is 1.98. The second-order valence-corrected chi connectivity index (χ2v) is 4.43. The zero-order chi connectivity index (χ0) is 14.2. The Morgan fingerprint density at radius 1 is 1.15 bits per heavy atom. The molecule has 0 saturated carbocycles. The van der Waals surface area contributed by atoms with Gasteiger partial charge in [0.15, 0.2) is 5.96 Å². The van der Waals surface area contributed by atoms with Gasteiger partial charge < -0.3 is 10.6 Å². The minimum atomic E-state index is 0.476. The number of terminal acetylenes is 1. The molecule has 0 fully saturated rings. The Kier molecular flexibility index (Phi) is 5.02. The molecule has 0 saturated heterocycles. The normalized spacial score (nSPS) is 11.1. The third-order valence-electron chi connectivity index (χ3n) is 2.94. The number of fused-ring (bicyclic) bond motifs is 1. The van der Waals surface area contributed by atoms with Gasteiger partial charge in [-0.15, -0.1) is 6.42 Å². The van der Waals surface area contributed by atoms with Crippen molar-refractivity contribution in [2.45, 2.75) is 13.5 Å². The molecule has 0 heterocycles.